The fraction of sp³-hybridized carbons (Fsp3) is 0.133. The van der Waals surface area contributed by atoms with Crippen LogP contribution in [0, 0.1) is 11.6 Å². The third kappa shape index (κ3) is 4.53. The largest absolute Gasteiger partial charge is 0.374 e. The maximum Gasteiger partial charge on any atom is 0.239 e. The Bertz CT molecular complexity index is 635. The SMILES string of the molecule is O=C(CNc1cc(Br)c(F)cc1F)NCc1ccccc1. The van der Waals surface area contributed by atoms with Crippen LogP contribution < -0.4 is 10.6 Å². The van der Waals surface area contributed by atoms with Crippen LogP contribution in [0.1, 0.15) is 5.56 Å². The lowest BCUT2D eigenvalue weighted by Crippen LogP contribution is -2.29. The minimum Gasteiger partial charge on any atom is -0.374 e. The molecule has 2 aromatic carbocycles. The topological polar surface area (TPSA) is 41.1 Å². The van der Waals surface area contributed by atoms with Gasteiger partial charge in [0.05, 0.1) is 16.7 Å². The highest BCUT2D eigenvalue weighted by atomic mass is 79.9. The molecule has 0 aliphatic rings. The van der Waals surface area contributed by atoms with Gasteiger partial charge < -0.3 is 10.6 Å². The third-order valence-electron chi connectivity index (χ3n) is 2.78. The maximum absolute atomic E-state index is 13.5. The Hall–Kier alpha value is -1.95. The molecular weight excluding hydrogens is 342 g/mol. The van der Waals surface area contributed by atoms with Crippen molar-refractivity contribution in [2.75, 3.05) is 11.9 Å². The molecule has 1 amide bonds. The van der Waals surface area contributed by atoms with Crippen LogP contribution in [0.15, 0.2) is 46.9 Å². The molecule has 21 heavy (non-hydrogen) atoms. The molecule has 0 aromatic heterocycles. The Morgan fingerprint density at radius 2 is 1.81 bits per heavy atom. The molecule has 0 bridgehead atoms. The van der Waals surface area contributed by atoms with E-state index in [-0.39, 0.29) is 22.6 Å². The molecule has 2 rings (SSSR count). The van der Waals surface area contributed by atoms with Crippen molar-refractivity contribution in [1.82, 2.24) is 5.32 Å². The number of amides is 1. The predicted molar refractivity (Wildman–Crippen MR) is 80.8 cm³/mol. The molecule has 2 N–H and O–H groups in total. The van der Waals surface area contributed by atoms with E-state index < -0.39 is 11.6 Å². The lowest BCUT2D eigenvalue weighted by Gasteiger charge is -2.09. The van der Waals surface area contributed by atoms with Crippen LogP contribution in [0.3, 0.4) is 0 Å². The monoisotopic (exact) mass is 354 g/mol. The molecule has 2 aromatic rings. The van der Waals surface area contributed by atoms with E-state index >= 15 is 0 Å². The van der Waals surface area contributed by atoms with E-state index in [9.17, 15) is 13.6 Å². The van der Waals surface area contributed by atoms with Crippen LogP contribution in [0.5, 0.6) is 0 Å². The van der Waals surface area contributed by atoms with Gasteiger partial charge in [-0.15, -0.1) is 0 Å². The molecule has 0 atom stereocenters. The van der Waals surface area contributed by atoms with Crippen molar-refractivity contribution in [2.24, 2.45) is 0 Å². The fourth-order valence-corrected chi connectivity index (χ4v) is 2.04. The van der Waals surface area contributed by atoms with E-state index in [0.717, 1.165) is 11.6 Å². The van der Waals surface area contributed by atoms with Crippen LogP contribution >= 0.6 is 15.9 Å². The van der Waals surface area contributed by atoms with E-state index in [2.05, 4.69) is 26.6 Å². The number of carbonyl (C=O) groups excluding carboxylic acids is 1. The second kappa shape index (κ2) is 7.17. The van der Waals surface area contributed by atoms with E-state index in [1.165, 1.54) is 6.07 Å². The summed E-state index contributed by atoms with van der Waals surface area (Å²) in [6.45, 7) is 0.304. The molecule has 0 aliphatic carbocycles. The van der Waals surface area contributed by atoms with Crippen molar-refractivity contribution < 1.29 is 13.6 Å². The summed E-state index contributed by atoms with van der Waals surface area (Å²) in [5.74, 6) is -1.71. The van der Waals surface area contributed by atoms with Crippen LogP contribution in [-0.2, 0) is 11.3 Å². The quantitative estimate of drug-likeness (QED) is 0.807. The van der Waals surface area contributed by atoms with Crippen LogP contribution in [0.2, 0.25) is 0 Å². The molecule has 0 radical (unpaired) electrons. The van der Waals surface area contributed by atoms with Crippen LogP contribution in [-0.4, -0.2) is 12.5 Å². The van der Waals surface area contributed by atoms with Crippen LogP contribution in [0.25, 0.3) is 0 Å². The summed E-state index contributed by atoms with van der Waals surface area (Å²) in [4.78, 5) is 11.7. The molecule has 0 fully saturated rings. The number of carbonyl (C=O) groups is 1. The Labute approximate surface area is 129 Å². The molecule has 0 heterocycles. The van der Waals surface area contributed by atoms with E-state index in [1.807, 2.05) is 30.3 Å². The van der Waals surface area contributed by atoms with Crippen molar-refractivity contribution in [3.05, 3.63) is 64.1 Å². The highest BCUT2D eigenvalue weighted by molar-refractivity contribution is 9.10. The summed E-state index contributed by atoms with van der Waals surface area (Å²) in [6.07, 6.45) is 0. The smallest absolute Gasteiger partial charge is 0.239 e. The first-order valence-electron chi connectivity index (χ1n) is 6.25. The van der Waals surface area contributed by atoms with Gasteiger partial charge in [0, 0.05) is 12.6 Å². The van der Waals surface area contributed by atoms with Gasteiger partial charge in [0.1, 0.15) is 11.6 Å². The molecule has 0 spiro atoms. The van der Waals surface area contributed by atoms with Gasteiger partial charge in [-0.1, -0.05) is 30.3 Å². The standard InChI is InChI=1S/C15H13BrF2N2O/c16-11-6-14(13(18)7-12(11)17)19-9-15(21)20-8-10-4-2-1-3-5-10/h1-7,19H,8-9H2,(H,20,21). The Morgan fingerprint density at radius 1 is 1.10 bits per heavy atom. The van der Waals surface area contributed by atoms with E-state index in [4.69, 9.17) is 0 Å². The fourth-order valence-electron chi connectivity index (χ4n) is 1.69. The molecule has 3 nitrogen and oxygen atoms in total. The van der Waals surface area contributed by atoms with Gasteiger partial charge in [-0.25, -0.2) is 8.78 Å². The number of nitrogens with one attached hydrogen (secondary N) is 2. The molecule has 0 saturated carbocycles. The Balaban J connectivity index is 1.85. The predicted octanol–water partition coefficient (Wildman–Crippen LogP) is 3.46. The molecule has 0 aliphatic heterocycles. The number of hydrogen-bond acceptors (Lipinski definition) is 2. The summed E-state index contributed by atoms with van der Waals surface area (Å²) in [5.41, 5.74) is 1.04. The van der Waals surface area contributed by atoms with Crippen molar-refractivity contribution in [3.8, 4) is 0 Å². The molecule has 6 heteroatoms. The summed E-state index contributed by atoms with van der Waals surface area (Å²) < 4.78 is 26.7. The van der Waals surface area contributed by atoms with Crippen molar-refractivity contribution in [2.45, 2.75) is 6.54 Å². The first-order chi connectivity index (χ1) is 10.1. The second-order valence-corrected chi connectivity index (χ2v) is 5.22. The zero-order chi connectivity index (χ0) is 15.2. The molecular formula is C15H13BrF2N2O. The van der Waals surface area contributed by atoms with Crippen molar-refractivity contribution >= 4 is 27.5 Å². The first-order valence-corrected chi connectivity index (χ1v) is 7.04. The average molecular weight is 355 g/mol. The second-order valence-electron chi connectivity index (χ2n) is 4.36. The minimum absolute atomic E-state index is 0.0677. The summed E-state index contributed by atoms with van der Waals surface area (Å²) >= 11 is 2.97. The minimum atomic E-state index is -0.744. The maximum atomic E-state index is 13.5. The van der Waals surface area contributed by atoms with E-state index in [0.29, 0.717) is 6.54 Å². The van der Waals surface area contributed by atoms with Gasteiger partial charge in [-0.3, -0.25) is 4.79 Å². The summed E-state index contributed by atoms with van der Waals surface area (Å²) in [5, 5.41) is 5.34. The summed E-state index contributed by atoms with van der Waals surface area (Å²) in [6, 6.07) is 11.5. The highest BCUT2D eigenvalue weighted by Crippen LogP contribution is 2.23. The third-order valence-corrected chi connectivity index (χ3v) is 3.39. The van der Waals surface area contributed by atoms with Gasteiger partial charge in [0.15, 0.2) is 0 Å². The number of halogens is 3. The normalized spacial score (nSPS) is 10.2. The lowest BCUT2D eigenvalue weighted by atomic mass is 10.2. The van der Waals surface area contributed by atoms with Gasteiger partial charge >= 0.3 is 0 Å². The van der Waals surface area contributed by atoms with Crippen molar-refractivity contribution in [3.63, 3.8) is 0 Å². The van der Waals surface area contributed by atoms with Gasteiger partial charge in [0.25, 0.3) is 0 Å². The van der Waals surface area contributed by atoms with Crippen molar-refractivity contribution in [1.29, 1.82) is 0 Å². The number of rotatable bonds is 5. The Morgan fingerprint density at radius 3 is 2.52 bits per heavy atom. The van der Waals surface area contributed by atoms with Gasteiger partial charge in [-0.05, 0) is 27.6 Å². The van der Waals surface area contributed by atoms with E-state index in [1.54, 1.807) is 0 Å². The zero-order valence-corrected chi connectivity index (χ0v) is 12.6. The number of anilines is 1. The Kier molecular flexibility index (Phi) is 5.27. The van der Waals surface area contributed by atoms with Gasteiger partial charge in [-0.2, -0.15) is 0 Å². The van der Waals surface area contributed by atoms with Crippen LogP contribution in [0.4, 0.5) is 14.5 Å². The zero-order valence-electron chi connectivity index (χ0n) is 11.0. The average Bonchev–Trinajstić information content (AvgIpc) is 2.48. The number of hydrogen-bond donors (Lipinski definition) is 2. The number of benzene rings is 2. The first kappa shape index (κ1) is 15.4. The summed E-state index contributed by atoms with van der Waals surface area (Å²) in [7, 11) is 0. The molecule has 0 unspecified atom stereocenters. The lowest BCUT2D eigenvalue weighted by molar-refractivity contribution is -0.119. The van der Waals surface area contributed by atoms with Gasteiger partial charge in [0.2, 0.25) is 5.91 Å². The molecule has 110 valence electrons. The molecule has 0 saturated heterocycles. The highest BCUT2D eigenvalue weighted by Gasteiger charge is 2.09.